The number of benzene rings is 8. The first-order valence-corrected chi connectivity index (χ1v) is 18.2. The van der Waals surface area contributed by atoms with Crippen LogP contribution in [0.2, 0.25) is 0 Å². The van der Waals surface area contributed by atoms with E-state index < -0.39 is 0 Å². The predicted octanol–water partition coefficient (Wildman–Crippen LogP) is 12.2. The van der Waals surface area contributed by atoms with Crippen molar-refractivity contribution in [1.29, 1.82) is 0 Å². The maximum absolute atomic E-state index is 5.36. The molecule has 3 aromatic heterocycles. The number of para-hydroxylation sites is 3. The topological polar surface area (TPSA) is 48.5 Å². The molecule has 252 valence electrons. The molecule has 0 saturated carbocycles. The van der Waals surface area contributed by atoms with Crippen LogP contribution in [0.1, 0.15) is 0 Å². The molecule has 8 aromatic carbocycles. The van der Waals surface area contributed by atoms with Crippen LogP contribution in [0.5, 0.6) is 0 Å². The fourth-order valence-corrected chi connectivity index (χ4v) is 8.17. The summed E-state index contributed by atoms with van der Waals surface area (Å²) in [5, 5.41) is 7.06. The van der Waals surface area contributed by atoms with Crippen molar-refractivity contribution in [1.82, 2.24) is 24.1 Å². The Morgan fingerprint density at radius 3 is 1.59 bits per heavy atom. The van der Waals surface area contributed by atoms with Crippen molar-refractivity contribution in [2.45, 2.75) is 0 Å². The molecule has 0 aliphatic carbocycles. The molecule has 54 heavy (non-hydrogen) atoms. The van der Waals surface area contributed by atoms with Crippen molar-refractivity contribution in [3.8, 4) is 45.5 Å². The van der Waals surface area contributed by atoms with Crippen molar-refractivity contribution >= 4 is 54.4 Å². The van der Waals surface area contributed by atoms with Crippen LogP contribution >= 0.6 is 0 Å². The normalized spacial score (nSPS) is 11.7. The summed E-state index contributed by atoms with van der Waals surface area (Å²) in [7, 11) is 0. The van der Waals surface area contributed by atoms with E-state index in [1.54, 1.807) is 0 Å². The highest BCUT2D eigenvalue weighted by Crippen LogP contribution is 2.41. The Balaban J connectivity index is 1.24. The van der Waals surface area contributed by atoms with Gasteiger partial charge < -0.3 is 4.57 Å². The van der Waals surface area contributed by atoms with E-state index in [9.17, 15) is 0 Å². The van der Waals surface area contributed by atoms with Gasteiger partial charge in [-0.15, -0.1) is 0 Å². The molecule has 0 atom stereocenters. The molecule has 0 N–H and O–H groups in total. The van der Waals surface area contributed by atoms with Crippen LogP contribution in [0.25, 0.3) is 99.9 Å². The van der Waals surface area contributed by atoms with Crippen LogP contribution in [-0.4, -0.2) is 24.1 Å². The maximum Gasteiger partial charge on any atom is 0.238 e. The monoisotopic (exact) mass is 689 g/mol. The Morgan fingerprint density at radius 1 is 0.333 bits per heavy atom. The highest BCUT2D eigenvalue weighted by Gasteiger charge is 2.23. The molecule has 0 saturated heterocycles. The van der Waals surface area contributed by atoms with E-state index in [4.69, 9.17) is 15.0 Å². The zero-order valence-corrected chi connectivity index (χ0v) is 29.1. The highest BCUT2D eigenvalue weighted by molar-refractivity contribution is 6.23. The second-order valence-corrected chi connectivity index (χ2v) is 13.7. The number of aromatic nitrogens is 5. The fraction of sp³-hybridized carbons (Fsp3) is 0. The second-order valence-electron chi connectivity index (χ2n) is 13.7. The summed E-state index contributed by atoms with van der Waals surface area (Å²) >= 11 is 0. The summed E-state index contributed by atoms with van der Waals surface area (Å²) in [5.41, 5.74) is 9.57. The van der Waals surface area contributed by atoms with Crippen molar-refractivity contribution in [3.63, 3.8) is 0 Å². The van der Waals surface area contributed by atoms with Crippen LogP contribution < -0.4 is 0 Å². The second kappa shape index (κ2) is 12.1. The van der Waals surface area contributed by atoms with Crippen molar-refractivity contribution in [3.05, 3.63) is 188 Å². The largest absolute Gasteiger partial charge is 0.307 e. The lowest BCUT2D eigenvalue weighted by atomic mass is 9.97. The van der Waals surface area contributed by atoms with Gasteiger partial charge >= 0.3 is 0 Å². The Morgan fingerprint density at radius 2 is 0.852 bits per heavy atom. The van der Waals surface area contributed by atoms with Crippen molar-refractivity contribution in [2.24, 2.45) is 0 Å². The van der Waals surface area contributed by atoms with E-state index >= 15 is 0 Å². The Kier molecular flexibility index (Phi) is 6.79. The third-order valence-corrected chi connectivity index (χ3v) is 10.6. The molecular formula is C49H31N5. The van der Waals surface area contributed by atoms with E-state index in [0.29, 0.717) is 17.6 Å². The summed E-state index contributed by atoms with van der Waals surface area (Å²) in [6.45, 7) is 0. The Labute approximate surface area is 311 Å². The number of fused-ring (bicyclic) bond motifs is 8. The third kappa shape index (κ3) is 4.69. The molecule has 0 radical (unpaired) electrons. The minimum atomic E-state index is 0.568. The van der Waals surface area contributed by atoms with Crippen LogP contribution in [0.4, 0.5) is 0 Å². The molecule has 3 heterocycles. The molecule has 0 aliphatic rings. The molecule has 0 spiro atoms. The van der Waals surface area contributed by atoms with E-state index in [1.165, 1.54) is 27.1 Å². The zero-order chi connectivity index (χ0) is 35.6. The lowest BCUT2D eigenvalue weighted by Crippen LogP contribution is -2.07. The first-order chi connectivity index (χ1) is 26.8. The SMILES string of the molecule is c1ccc(-c2nc(-c3cccc(-c4cccc5ccccc45)c3)nc(-n3c4ccccc4c4ccc5c6ccccc6n(-c6ccccc6)c5c43)n2)cc1. The fourth-order valence-electron chi connectivity index (χ4n) is 8.17. The lowest BCUT2D eigenvalue weighted by molar-refractivity contribution is 0.953. The first kappa shape index (κ1) is 30.3. The average molecular weight is 690 g/mol. The Bertz CT molecular complexity index is 3210. The minimum Gasteiger partial charge on any atom is -0.307 e. The quantitative estimate of drug-likeness (QED) is 0.181. The molecule has 0 unspecified atom stereocenters. The van der Waals surface area contributed by atoms with E-state index in [1.807, 2.05) is 18.2 Å². The van der Waals surface area contributed by atoms with Crippen LogP contribution in [0.15, 0.2) is 188 Å². The molecule has 11 aromatic rings. The number of nitrogens with zero attached hydrogens (tertiary/aromatic N) is 5. The third-order valence-electron chi connectivity index (χ3n) is 10.6. The molecule has 5 heteroatoms. The minimum absolute atomic E-state index is 0.568. The number of hydrogen-bond acceptors (Lipinski definition) is 3. The Hall–Kier alpha value is -7.37. The van der Waals surface area contributed by atoms with Crippen LogP contribution in [-0.2, 0) is 0 Å². The molecule has 5 nitrogen and oxygen atoms in total. The zero-order valence-electron chi connectivity index (χ0n) is 29.1. The van der Waals surface area contributed by atoms with Gasteiger partial charge in [0.15, 0.2) is 11.6 Å². The van der Waals surface area contributed by atoms with Gasteiger partial charge in [-0.2, -0.15) is 9.97 Å². The summed E-state index contributed by atoms with van der Waals surface area (Å²) < 4.78 is 4.63. The van der Waals surface area contributed by atoms with E-state index in [2.05, 4.69) is 179 Å². The molecule has 0 fully saturated rings. The molecule has 0 amide bonds. The van der Waals surface area contributed by atoms with Gasteiger partial charge in [0.25, 0.3) is 0 Å². The van der Waals surface area contributed by atoms with Gasteiger partial charge in [-0.25, -0.2) is 4.98 Å². The summed E-state index contributed by atoms with van der Waals surface area (Å²) in [6, 6.07) is 66.1. The van der Waals surface area contributed by atoms with Gasteiger partial charge in [0, 0.05) is 38.4 Å². The first-order valence-electron chi connectivity index (χ1n) is 18.2. The number of rotatable bonds is 5. The maximum atomic E-state index is 5.36. The summed E-state index contributed by atoms with van der Waals surface area (Å²) in [5.74, 6) is 1.80. The van der Waals surface area contributed by atoms with Crippen molar-refractivity contribution in [2.75, 3.05) is 0 Å². The molecule has 0 aliphatic heterocycles. The van der Waals surface area contributed by atoms with Gasteiger partial charge in [-0.1, -0.05) is 158 Å². The van der Waals surface area contributed by atoms with Gasteiger partial charge in [0.1, 0.15) is 0 Å². The van der Waals surface area contributed by atoms with E-state index in [0.717, 1.165) is 55.2 Å². The van der Waals surface area contributed by atoms with Crippen molar-refractivity contribution < 1.29 is 0 Å². The van der Waals surface area contributed by atoms with E-state index in [-0.39, 0.29) is 0 Å². The smallest absolute Gasteiger partial charge is 0.238 e. The predicted molar refractivity (Wildman–Crippen MR) is 222 cm³/mol. The molecule has 11 rings (SSSR count). The van der Waals surface area contributed by atoms with Crippen LogP contribution in [0.3, 0.4) is 0 Å². The van der Waals surface area contributed by atoms with Gasteiger partial charge in [0.05, 0.1) is 22.1 Å². The molecular weight excluding hydrogens is 659 g/mol. The average Bonchev–Trinajstić information content (AvgIpc) is 3.77. The summed E-state index contributed by atoms with van der Waals surface area (Å²) in [6.07, 6.45) is 0. The number of hydrogen-bond donors (Lipinski definition) is 0. The van der Waals surface area contributed by atoms with Gasteiger partial charge in [-0.3, -0.25) is 4.57 Å². The molecule has 0 bridgehead atoms. The standard InChI is InChI=1S/C49H31N5/c1-3-16-33(17-4-1)47-50-48(35-20-13-19-34(31-35)38-26-14-18-32-15-7-8-23-37(32)38)52-49(51-47)54-44-28-12-10-25-40(44)42-30-29-41-39-24-9-11-27-43(39)53(45(41)46(42)54)36-21-5-2-6-22-36/h1-31H. The summed E-state index contributed by atoms with van der Waals surface area (Å²) in [4.78, 5) is 15.8. The van der Waals surface area contributed by atoms with Crippen LogP contribution in [0, 0.1) is 0 Å². The highest BCUT2D eigenvalue weighted by atomic mass is 15.2. The van der Waals surface area contributed by atoms with Gasteiger partial charge in [-0.05, 0) is 52.2 Å². The lowest BCUT2D eigenvalue weighted by Gasteiger charge is -2.14. The van der Waals surface area contributed by atoms with Gasteiger partial charge in [0.2, 0.25) is 5.95 Å².